The van der Waals surface area contributed by atoms with Crippen molar-refractivity contribution in [2.45, 2.75) is 285 Å². The first-order valence-corrected chi connectivity index (χ1v) is 25.7. The van der Waals surface area contributed by atoms with Crippen molar-refractivity contribution in [1.82, 2.24) is 0 Å². The highest BCUT2D eigenvalue weighted by molar-refractivity contribution is 5.71. The fourth-order valence-corrected chi connectivity index (χ4v) is 7.70. The van der Waals surface area contributed by atoms with Gasteiger partial charge in [0.1, 0.15) is 13.2 Å². The Morgan fingerprint density at radius 1 is 0.345 bits per heavy atom. The molecule has 0 aromatic rings. The van der Waals surface area contributed by atoms with Crippen LogP contribution in [-0.4, -0.2) is 37.2 Å². The van der Waals surface area contributed by atoms with Gasteiger partial charge in [-0.2, -0.15) is 0 Å². The monoisotopic (exact) mass is 821 g/mol. The summed E-state index contributed by atoms with van der Waals surface area (Å²) < 4.78 is 16.8. The third-order valence-electron chi connectivity index (χ3n) is 12.4. The van der Waals surface area contributed by atoms with Gasteiger partial charge in [-0.15, -0.1) is 0 Å². The predicted molar refractivity (Wildman–Crippen MR) is 247 cm³/mol. The van der Waals surface area contributed by atoms with Crippen molar-refractivity contribution >= 4 is 17.9 Å². The lowest BCUT2D eigenvalue weighted by atomic mass is 9.99. The molecule has 0 fully saturated rings. The second-order valence-corrected chi connectivity index (χ2v) is 18.8. The van der Waals surface area contributed by atoms with Crippen molar-refractivity contribution in [3.63, 3.8) is 0 Å². The van der Waals surface area contributed by atoms with Gasteiger partial charge >= 0.3 is 17.9 Å². The van der Waals surface area contributed by atoms with E-state index in [-0.39, 0.29) is 31.1 Å². The molecule has 0 amide bonds. The number of hydrogen-bond donors (Lipinski definition) is 0. The van der Waals surface area contributed by atoms with Crippen LogP contribution in [0.4, 0.5) is 0 Å². The molecule has 58 heavy (non-hydrogen) atoms. The Morgan fingerprint density at radius 2 is 0.603 bits per heavy atom. The summed E-state index contributed by atoms with van der Waals surface area (Å²) in [6.07, 6.45) is 42.2. The topological polar surface area (TPSA) is 78.9 Å². The molecule has 0 N–H and O–H groups in total. The van der Waals surface area contributed by atoms with Crippen LogP contribution in [-0.2, 0) is 28.6 Å². The van der Waals surface area contributed by atoms with E-state index in [0.29, 0.717) is 19.3 Å². The van der Waals surface area contributed by atoms with Crippen LogP contribution in [0.2, 0.25) is 0 Å². The molecular weight excluding hydrogens is 721 g/mol. The number of carbonyl (C=O) groups is 3. The number of unbranched alkanes of at least 4 members (excludes halogenated alkanes) is 26. The average Bonchev–Trinajstić information content (AvgIpc) is 3.21. The number of rotatable bonds is 45. The second kappa shape index (κ2) is 43.5. The predicted octanol–water partition coefficient (Wildman–Crippen LogP) is 16.4. The lowest BCUT2D eigenvalue weighted by Crippen LogP contribution is -2.30. The Hall–Kier alpha value is -1.59. The van der Waals surface area contributed by atoms with Crippen LogP contribution < -0.4 is 0 Å². The molecule has 0 rings (SSSR count). The standard InChI is InChI=1S/C52H100O6/c1-7-47(5)39-33-27-21-15-9-11-17-23-29-35-41-50(53)56-44-49(45-57-51(54)42-36-30-24-19-13-14-20-26-32-38-46(3)4)58-52(55)43-37-31-25-18-12-10-16-22-28-34-40-48(6)8-2/h46-49H,7-45H2,1-6H3/t47?,48?,49-/m1/s1. The van der Waals surface area contributed by atoms with E-state index in [4.69, 9.17) is 14.2 Å². The Kier molecular flexibility index (Phi) is 42.3. The first-order chi connectivity index (χ1) is 28.2. The molecule has 6 nitrogen and oxygen atoms in total. The van der Waals surface area contributed by atoms with Gasteiger partial charge in [-0.05, 0) is 37.0 Å². The first kappa shape index (κ1) is 56.4. The Bertz CT molecular complexity index is 902. The first-order valence-electron chi connectivity index (χ1n) is 25.7. The highest BCUT2D eigenvalue weighted by Crippen LogP contribution is 2.18. The Morgan fingerprint density at radius 3 is 0.897 bits per heavy atom. The van der Waals surface area contributed by atoms with E-state index < -0.39 is 6.10 Å². The van der Waals surface area contributed by atoms with Gasteiger partial charge in [0, 0.05) is 19.3 Å². The quantitative estimate of drug-likeness (QED) is 0.0346. The normalized spacial score (nSPS) is 13.1. The van der Waals surface area contributed by atoms with Crippen molar-refractivity contribution in [3.05, 3.63) is 0 Å². The van der Waals surface area contributed by atoms with E-state index >= 15 is 0 Å². The molecule has 0 aliphatic heterocycles. The largest absolute Gasteiger partial charge is 0.462 e. The molecule has 0 radical (unpaired) electrons. The molecule has 0 aliphatic carbocycles. The third-order valence-corrected chi connectivity index (χ3v) is 12.4. The maximum Gasteiger partial charge on any atom is 0.306 e. The highest BCUT2D eigenvalue weighted by atomic mass is 16.6. The van der Waals surface area contributed by atoms with Crippen molar-refractivity contribution in [3.8, 4) is 0 Å². The van der Waals surface area contributed by atoms with Gasteiger partial charge in [0.05, 0.1) is 0 Å². The fourth-order valence-electron chi connectivity index (χ4n) is 7.70. The minimum absolute atomic E-state index is 0.0652. The lowest BCUT2D eigenvalue weighted by molar-refractivity contribution is -0.167. The molecule has 0 saturated heterocycles. The van der Waals surface area contributed by atoms with Crippen LogP contribution in [0, 0.1) is 17.8 Å². The molecule has 2 unspecified atom stereocenters. The van der Waals surface area contributed by atoms with E-state index in [9.17, 15) is 14.4 Å². The molecule has 0 aromatic carbocycles. The molecule has 344 valence electrons. The van der Waals surface area contributed by atoms with Gasteiger partial charge in [0.2, 0.25) is 0 Å². The zero-order valence-electron chi connectivity index (χ0n) is 39.8. The molecule has 0 aliphatic rings. The van der Waals surface area contributed by atoms with Gasteiger partial charge < -0.3 is 14.2 Å². The van der Waals surface area contributed by atoms with Crippen LogP contribution in [0.15, 0.2) is 0 Å². The minimum Gasteiger partial charge on any atom is -0.462 e. The zero-order chi connectivity index (χ0) is 42.7. The van der Waals surface area contributed by atoms with E-state index in [1.807, 2.05) is 0 Å². The van der Waals surface area contributed by atoms with E-state index in [2.05, 4.69) is 41.5 Å². The summed E-state index contributed by atoms with van der Waals surface area (Å²) in [5.74, 6) is 1.69. The number of hydrogen-bond acceptors (Lipinski definition) is 6. The van der Waals surface area contributed by atoms with Gasteiger partial charge in [-0.25, -0.2) is 0 Å². The minimum atomic E-state index is -0.763. The summed E-state index contributed by atoms with van der Waals surface area (Å²) >= 11 is 0. The van der Waals surface area contributed by atoms with Crippen molar-refractivity contribution in [2.75, 3.05) is 13.2 Å². The van der Waals surface area contributed by atoms with Crippen molar-refractivity contribution < 1.29 is 28.6 Å². The Labute approximate surface area is 361 Å². The molecule has 0 aromatic heterocycles. The third kappa shape index (κ3) is 42.5. The number of carbonyl (C=O) groups excluding carboxylic acids is 3. The van der Waals surface area contributed by atoms with Crippen LogP contribution in [0.3, 0.4) is 0 Å². The van der Waals surface area contributed by atoms with Gasteiger partial charge in [-0.1, -0.05) is 241 Å². The molecule has 0 saturated carbocycles. The SMILES string of the molecule is CCC(C)CCCCCCCCCCCCC(=O)OC[C@H](COC(=O)CCCCCCCCCCCC(C)C)OC(=O)CCCCCCCCCCCCC(C)CC. The fraction of sp³-hybridized carbons (Fsp3) is 0.942. The summed E-state index contributed by atoms with van der Waals surface area (Å²) in [5.41, 5.74) is 0. The lowest BCUT2D eigenvalue weighted by Gasteiger charge is -2.18. The summed E-state index contributed by atoms with van der Waals surface area (Å²) in [5, 5.41) is 0. The molecule has 0 heterocycles. The summed E-state index contributed by atoms with van der Waals surface area (Å²) in [4.78, 5) is 37.9. The molecule has 0 spiro atoms. The molecular formula is C52H100O6. The van der Waals surface area contributed by atoms with E-state index in [0.717, 1.165) is 75.5 Å². The molecule has 3 atom stereocenters. The van der Waals surface area contributed by atoms with Gasteiger partial charge in [-0.3, -0.25) is 14.4 Å². The smallest absolute Gasteiger partial charge is 0.306 e. The average molecular weight is 821 g/mol. The second-order valence-electron chi connectivity index (χ2n) is 18.8. The van der Waals surface area contributed by atoms with Crippen LogP contribution in [0.25, 0.3) is 0 Å². The zero-order valence-corrected chi connectivity index (χ0v) is 39.8. The summed E-state index contributed by atoms with van der Waals surface area (Å²) in [7, 11) is 0. The number of ether oxygens (including phenoxy) is 3. The molecule has 0 bridgehead atoms. The van der Waals surface area contributed by atoms with Gasteiger partial charge in [0.15, 0.2) is 6.10 Å². The van der Waals surface area contributed by atoms with E-state index in [1.165, 1.54) is 161 Å². The summed E-state index contributed by atoms with van der Waals surface area (Å²) in [6, 6.07) is 0. The molecule has 6 heteroatoms. The highest BCUT2D eigenvalue weighted by Gasteiger charge is 2.19. The van der Waals surface area contributed by atoms with Crippen molar-refractivity contribution in [1.29, 1.82) is 0 Å². The van der Waals surface area contributed by atoms with E-state index in [1.54, 1.807) is 0 Å². The van der Waals surface area contributed by atoms with Crippen LogP contribution in [0.1, 0.15) is 279 Å². The maximum absolute atomic E-state index is 12.8. The van der Waals surface area contributed by atoms with Gasteiger partial charge in [0.25, 0.3) is 0 Å². The Balaban J connectivity index is 4.35. The summed E-state index contributed by atoms with van der Waals surface area (Å²) in [6.45, 7) is 13.7. The van der Waals surface area contributed by atoms with Crippen LogP contribution in [0.5, 0.6) is 0 Å². The van der Waals surface area contributed by atoms with Crippen LogP contribution >= 0.6 is 0 Å². The van der Waals surface area contributed by atoms with Crippen molar-refractivity contribution in [2.24, 2.45) is 17.8 Å². The number of esters is 3. The maximum atomic E-state index is 12.8.